The summed E-state index contributed by atoms with van der Waals surface area (Å²) in [5.41, 5.74) is 0. The smallest absolute Gasteiger partial charge is 0.106 e. The maximum absolute atomic E-state index is 9.35. The topological polar surface area (TPSA) is 49.7 Å². The molecule has 1 saturated heterocycles. The third kappa shape index (κ3) is 2.02. The van der Waals surface area contributed by atoms with E-state index in [1.165, 1.54) is 0 Å². The lowest BCUT2D eigenvalue weighted by atomic mass is 10.0. The fourth-order valence-corrected chi connectivity index (χ4v) is 1.23. The van der Waals surface area contributed by atoms with E-state index in [0.717, 1.165) is 0 Å². The summed E-state index contributed by atoms with van der Waals surface area (Å²) < 4.78 is 5.22. The van der Waals surface area contributed by atoms with E-state index in [-0.39, 0.29) is 6.10 Å². The quantitative estimate of drug-likeness (QED) is 0.559. The van der Waals surface area contributed by atoms with E-state index >= 15 is 0 Å². The van der Waals surface area contributed by atoms with Gasteiger partial charge in [0.2, 0.25) is 0 Å². The highest BCUT2D eigenvalue weighted by Gasteiger charge is 2.29. The number of aliphatic hydroxyl groups is 2. The molecule has 3 heteroatoms. The molecule has 1 aliphatic rings. The Labute approximate surface area is 66.3 Å². The molecule has 64 valence electrons. The number of hydrogen-bond acceptors (Lipinski definition) is 3. The van der Waals surface area contributed by atoms with Crippen LogP contribution < -0.4 is 0 Å². The average molecular weight is 158 g/mol. The summed E-state index contributed by atoms with van der Waals surface area (Å²) in [5.74, 6) is 0. The minimum Gasteiger partial charge on any atom is -0.390 e. The van der Waals surface area contributed by atoms with Crippen LogP contribution in [0.4, 0.5) is 0 Å². The van der Waals surface area contributed by atoms with Crippen LogP contribution in [0.1, 0.15) is 12.8 Å². The van der Waals surface area contributed by atoms with E-state index in [0.29, 0.717) is 19.4 Å². The Balaban J connectivity index is 2.43. The highest BCUT2D eigenvalue weighted by atomic mass is 16.5. The molecule has 3 nitrogen and oxygen atoms in total. The molecule has 1 rings (SSSR count). The van der Waals surface area contributed by atoms with Crippen LogP contribution in [0.15, 0.2) is 12.7 Å². The van der Waals surface area contributed by atoms with Crippen molar-refractivity contribution in [2.45, 2.75) is 31.2 Å². The second-order valence-electron chi connectivity index (χ2n) is 2.78. The number of ether oxygens (including phenoxy) is 1. The Morgan fingerprint density at radius 1 is 1.55 bits per heavy atom. The van der Waals surface area contributed by atoms with E-state index in [1.807, 2.05) is 0 Å². The van der Waals surface area contributed by atoms with Gasteiger partial charge in [-0.1, -0.05) is 6.08 Å². The first-order chi connectivity index (χ1) is 5.25. The van der Waals surface area contributed by atoms with Crippen LogP contribution in [0.25, 0.3) is 0 Å². The van der Waals surface area contributed by atoms with Crippen molar-refractivity contribution >= 4 is 0 Å². The van der Waals surface area contributed by atoms with Crippen molar-refractivity contribution in [3.05, 3.63) is 12.7 Å². The van der Waals surface area contributed by atoms with Crippen molar-refractivity contribution in [1.82, 2.24) is 0 Å². The standard InChI is InChI=1S/C8H14O3/c1-2-3-7-8(10)6(9)4-5-11-7/h2,6-10H,1,3-5H2/t6-,7?,8-/m1/s1. The van der Waals surface area contributed by atoms with Crippen molar-refractivity contribution in [3.8, 4) is 0 Å². The van der Waals surface area contributed by atoms with Crippen molar-refractivity contribution < 1.29 is 14.9 Å². The molecule has 1 heterocycles. The lowest BCUT2D eigenvalue weighted by molar-refractivity contribution is -0.132. The zero-order chi connectivity index (χ0) is 8.27. The Bertz CT molecular complexity index is 135. The lowest BCUT2D eigenvalue weighted by Gasteiger charge is -2.31. The predicted molar refractivity (Wildman–Crippen MR) is 41.2 cm³/mol. The molecule has 11 heavy (non-hydrogen) atoms. The van der Waals surface area contributed by atoms with Crippen molar-refractivity contribution in [3.63, 3.8) is 0 Å². The first-order valence-corrected chi connectivity index (χ1v) is 3.84. The summed E-state index contributed by atoms with van der Waals surface area (Å²) in [4.78, 5) is 0. The molecule has 1 aliphatic heterocycles. The van der Waals surface area contributed by atoms with E-state index in [9.17, 15) is 10.2 Å². The lowest BCUT2D eigenvalue weighted by Crippen LogP contribution is -2.44. The Hall–Kier alpha value is -0.380. The van der Waals surface area contributed by atoms with Crippen molar-refractivity contribution in [2.75, 3.05) is 6.61 Å². The molecular formula is C8H14O3. The first-order valence-electron chi connectivity index (χ1n) is 3.84. The fraction of sp³-hybridized carbons (Fsp3) is 0.750. The van der Waals surface area contributed by atoms with Crippen LogP contribution in [0.5, 0.6) is 0 Å². The third-order valence-electron chi connectivity index (χ3n) is 1.92. The Morgan fingerprint density at radius 2 is 2.27 bits per heavy atom. The van der Waals surface area contributed by atoms with Crippen LogP contribution in [0, 0.1) is 0 Å². The molecule has 0 bridgehead atoms. The monoisotopic (exact) mass is 158 g/mol. The number of hydrogen-bond donors (Lipinski definition) is 2. The largest absolute Gasteiger partial charge is 0.390 e. The summed E-state index contributed by atoms with van der Waals surface area (Å²) in [7, 11) is 0. The van der Waals surface area contributed by atoms with Crippen molar-refractivity contribution in [1.29, 1.82) is 0 Å². The normalized spacial score (nSPS) is 38.5. The number of aliphatic hydroxyl groups excluding tert-OH is 2. The maximum Gasteiger partial charge on any atom is 0.106 e. The van der Waals surface area contributed by atoms with Gasteiger partial charge in [0.05, 0.1) is 12.2 Å². The van der Waals surface area contributed by atoms with Gasteiger partial charge >= 0.3 is 0 Å². The molecule has 0 radical (unpaired) electrons. The SMILES string of the molecule is C=CCC1OCC[C@@H](O)[C@H]1O. The molecular weight excluding hydrogens is 144 g/mol. The molecule has 0 aromatic carbocycles. The van der Waals surface area contributed by atoms with Gasteiger partial charge in [-0.15, -0.1) is 6.58 Å². The van der Waals surface area contributed by atoms with Crippen LogP contribution in [0.2, 0.25) is 0 Å². The van der Waals surface area contributed by atoms with Gasteiger partial charge in [0, 0.05) is 6.61 Å². The molecule has 1 unspecified atom stereocenters. The minimum atomic E-state index is -0.748. The maximum atomic E-state index is 9.35. The molecule has 0 aromatic rings. The van der Waals surface area contributed by atoms with Gasteiger partial charge in [-0.05, 0) is 12.8 Å². The van der Waals surface area contributed by atoms with Gasteiger partial charge in [0.1, 0.15) is 6.10 Å². The summed E-state index contributed by atoms with van der Waals surface area (Å²) >= 11 is 0. The van der Waals surface area contributed by atoms with Gasteiger partial charge in [0.15, 0.2) is 0 Å². The zero-order valence-electron chi connectivity index (χ0n) is 6.44. The first kappa shape index (κ1) is 8.71. The molecule has 0 saturated carbocycles. The molecule has 2 N–H and O–H groups in total. The summed E-state index contributed by atoms with van der Waals surface area (Å²) in [5, 5.41) is 18.6. The molecule has 3 atom stereocenters. The Morgan fingerprint density at radius 3 is 2.91 bits per heavy atom. The van der Waals surface area contributed by atoms with Gasteiger partial charge in [-0.3, -0.25) is 0 Å². The van der Waals surface area contributed by atoms with Crippen LogP contribution in [0.3, 0.4) is 0 Å². The second kappa shape index (κ2) is 3.85. The van der Waals surface area contributed by atoms with E-state index in [1.54, 1.807) is 6.08 Å². The molecule has 0 spiro atoms. The average Bonchev–Trinajstić information content (AvgIpc) is 1.99. The zero-order valence-corrected chi connectivity index (χ0v) is 6.44. The van der Waals surface area contributed by atoms with E-state index in [2.05, 4.69) is 6.58 Å². The van der Waals surface area contributed by atoms with Crippen LogP contribution in [-0.4, -0.2) is 35.1 Å². The second-order valence-corrected chi connectivity index (χ2v) is 2.78. The van der Waals surface area contributed by atoms with Gasteiger partial charge in [-0.25, -0.2) is 0 Å². The van der Waals surface area contributed by atoms with Crippen LogP contribution >= 0.6 is 0 Å². The highest BCUT2D eigenvalue weighted by Crippen LogP contribution is 2.17. The van der Waals surface area contributed by atoms with Gasteiger partial charge in [-0.2, -0.15) is 0 Å². The molecule has 0 aromatic heterocycles. The van der Waals surface area contributed by atoms with Gasteiger partial charge in [0.25, 0.3) is 0 Å². The molecule has 1 fully saturated rings. The highest BCUT2D eigenvalue weighted by molar-refractivity contribution is 4.85. The molecule has 0 amide bonds. The van der Waals surface area contributed by atoms with Crippen LogP contribution in [-0.2, 0) is 4.74 Å². The number of rotatable bonds is 2. The van der Waals surface area contributed by atoms with E-state index in [4.69, 9.17) is 4.74 Å². The predicted octanol–water partition coefficient (Wildman–Crippen LogP) is 0.0732. The van der Waals surface area contributed by atoms with E-state index < -0.39 is 12.2 Å². The van der Waals surface area contributed by atoms with Crippen molar-refractivity contribution in [2.24, 2.45) is 0 Å². The fourth-order valence-electron chi connectivity index (χ4n) is 1.23. The summed E-state index contributed by atoms with van der Waals surface area (Å²) in [6.07, 6.45) is 1.16. The summed E-state index contributed by atoms with van der Waals surface area (Å²) in [6, 6.07) is 0. The summed E-state index contributed by atoms with van der Waals surface area (Å²) in [6.45, 7) is 4.07. The Kier molecular flexibility index (Phi) is 3.05. The third-order valence-corrected chi connectivity index (χ3v) is 1.92. The minimum absolute atomic E-state index is 0.267. The van der Waals surface area contributed by atoms with Gasteiger partial charge < -0.3 is 14.9 Å². The molecule has 0 aliphatic carbocycles.